The Kier molecular flexibility index (Phi) is 4.87. The minimum atomic E-state index is 0.719. The van der Waals surface area contributed by atoms with Gasteiger partial charge in [-0.05, 0) is 6.42 Å². The van der Waals surface area contributed by atoms with Gasteiger partial charge in [0.2, 0.25) is 0 Å². The molecule has 0 fully saturated rings. The summed E-state index contributed by atoms with van der Waals surface area (Å²) in [6.45, 7) is 3.86. The van der Waals surface area contributed by atoms with Crippen LogP contribution in [0, 0.1) is 0 Å². The Balaban J connectivity index is 2.08. The summed E-state index contributed by atoms with van der Waals surface area (Å²) in [6, 6.07) is 5.75. The maximum atomic E-state index is 5.26. The molecule has 0 bridgehead atoms. The molecule has 5 heteroatoms. The van der Waals surface area contributed by atoms with Crippen LogP contribution in [0.25, 0.3) is 0 Å². The summed E-state index contributed by atoms with van der Waals surface area (Å²) >= 11 is 0. The van der Waals surface area contributed by atoms with Crippen LogP contribution in [-0.2, 0) is 13.1 Å². The molecule has 0 aliphatic rings. The third-order valence-corrected chi connectivity index (χ3v) is 3.09. The number of imidazole rings is 1. The van der Waals surface area contributed by atoms with Crippen LogP contribution < -0.4 is 14.8 Å². The predicted octanol–water partition coefficient (Wildman–Crippen LogP) is 2.92. The van der Waals surface area contributed by atoms with Crippen LogP contribution in [0.5, 0.6) is 11.5 Å². The molecule has 1 aromatic heterocycles. The minimum absolute atomic E-state index is 0.719. The van der Waals surface area contributed by atoms with Gasteiger partial charge in [0.15, 0.2) is 0 Å². The quantitative estimate of drug-likeness (QED) is 0.844. The number of hydrogen-bond donors (Lipinski definition) is 1. The van der Waals surface area contributed by atoms with Crippen molar-refractivity contribution in [2.75, 3.05) is 19.5 Å². The van der Waals surface area contributed by atoms with Crippen LogP contribution in [-0.4, -0.2) is 23.8 Å². The molecule has 2 aromatic rings. The van der Waals surface area contributed by atoms with E-state index in [1.807, 2.05) is 30.7 Å². The monoisotopic (exact) mass is 275 g/mol. The first kappa shape index (κ1) is 14.2. The zero-order valence-electron chi connectivity index (χ0n) is 12.2. The third kappa shape index (κ3) is 3.44. The first-order valence-corrected chi connectivity index (χ1v) is 6.72. The Labute approximate surface area is 119 Å². The van der Waals surface area contributed by atoms with Gasteiger partial charge in [-0.3, -0.25) is 0 Å². The molecule has 108 valence electrons. The van der Waals surface area contributed by atoms with Crippen LogP contribution in [0.4, 0.5) is 5.69 Å². The molecular formula is C15H21N3O2. The van der Waals surface area contributed by atoms with Crippen molar-refractivity contribution < 1.29 is 9.47 Å². The number of methoxy groups -OCH3 is 2. The highest BCUT2D eigenvalue weighted by molar-refractivity contribution is 5.53. The number of nitrogens with one attached hydrogen (secondary N) is 1. The molecule has 0 spiro atoms. The maximum absolute atomic E-state index is 5.26. The molecular weight excluding hydrogens is 254 g/mol. The molecule has 0 aliphatic carbocycles. The van der Waals surface area contributed by atoms with Gasteiger partial charge in [-0.2, -0.15) is 0 Å². The zero-order valence-corrected chi connectivity index (χ0v) is 12.2. The summed E-state index contributed by atoms with van der Waals surface area (Å²) < 4.78 is 12.7. The van der Waals surface area contributed by atoms with Crippen molar-refractivity contribution in [2.24, 2.45) is 0 Å². The summed E-state index contributed by atoms with van der Waals surface area (Å²) in [4.78, 5) is 4.19. The lowest BCUT2D eigenvalue weighted by atomic mass is 10.2. The molecule has 20 heavy (non-hydrogen) atoms. The standard InChI is InChI=1S/C15H21N3O2/c1-4-5-18-11-16-9-13(18)10-17-12-6-14(19-2)8-15(7-12)20-3/h6-9,11,17H,4-5,10H2,1-3H3. The Bertz CT molecular complexity index is 530. The first-order valence-electron chi connectivity index (χ1n) is 6.72. The second-order valence-electron chi connectivity index (χ2n) is 4.53. The van der Waals surface area contributed by atoms with Crippen molar-refractivity contribution in [1.82, 2.24) is 9.55 Å². The summed E-state index contributed by atoms with van der Waals surface area (Å²) in [7, 11) is 3.30. The molecule has 1 heterocycles. The molecule has 0 atom stereocenters. The summed E-state index contributed by atoms with van der Waals surface area (Å²) in [5.41, 5.74) is 2.12. The number of nitrogens with zero attached hydrogens (tertiary/aromatic N) is 2. The molecule has 2 rings (SSSR count). The smallest absolute Gasteiger partial charge is 0.124 e. The summed E-state index contributed by atoms with van der Waals surface area (Å²) in [6.07, 6.45) is 4.85. The third-order valence-electron chi connectivity index (χ3n) is 3.09. The molecule has 0 saturated heterocycles. The van der Waals surface area contributed by atoms with Gasteiger partial charge in [-0.1, -0.05) is 6.92 Å². The number of benzene rings is 1. The molecule has 5 nitrogen and oxygen atoms in total. The average molecular weight is 275 g/mol. The van der Waals surface area contributed by atoms with E-state index in [1.165, 1.54) is 0 Å². The first-order chi connectivity index (χ1) is 9.76. The van der Waals surface area contributed by atoms with Gasteiger partial charge in [0, 0.05) is 36.6 Å². The molecule has 1 aromatic carbocycles. The average Bonchev–Trinajstić information content (AvgIpc) is 2.92. The second-order valence-corrected chi connectivity index (χ2v) is 4.53. The SMILES string of the molecule is CCCn1cncc1CNc1cc(OC)cc(OC)c1. The van der Waals surface area contributed by atoms with Crippen molar-refractivity contribution in [3.63, 3.8) is 0 Å². The van der Waals surface area contributed by atoms with Crippen molar-refractivity contribution in [2.45, 2.75) is 26.4 Å². The molecule has 0 amide bonds. The molecule has 0 saturated carbocycles. The Hall–Kier alpha value is -2.17. The van der Waals surface area contributed by atoms with Crippen molar-refractivity contribution in [1.29, 1.82) is 0 Å². The van der Waals surface area contributed by atoms with Crippen LogP contribution in [0.1, 0.15) is 19.0 Å². The normalized spacial score (nSPS) is 10.3. The van der Waals surface area contributed by atoms with E-state index < -0.39 is 0 Å². The van der Waals surface area contributed by atoms with Gasteiger partial charge in [-0.25, -0.2) is 4.98 Å². The highest BCUT2D eigenvalue weighted by atomic mass is 16.5. The van der Waals surface area contributed by atoms with Gasteiger partial charge in [0.25, 0.3) is 0 Å². The van der Waals surface area contributed by atoms with Crippen molar-refractivity contribution >= 4 is 5.69 Å². The number of ether oxygens (including phenoxy) is 2. The van der Waals surface area contributed by atoms with Crippen molar-refractivity contribution in [3.8, 4) is 11.5 Å². The Morgan fingerprint density at radius 2 is 1.85 bits per heavy atom. The number of anilines is 1. The summed E-state index contributed by atoms with van der Waals surface area (Å²) in [5.74, 6) is 1.54. The molecule has 1 N–H and O–H groups in total. The van der Waals surface area contributed by atoms with Gasteiger partial charge in [0.05, 0.1) is 32.8 Å². The number of rotatable bonds is 7. The van der Waals surface area contributed by atoms with E-state index >= 15 is 0 Å². The number of hydrogen-bond acceptors (Lipinski definition) is 4. The fraction of sp³-hybridized carbons (Fsp3) is 0.400. The number of aromatic nitrogens is 2. The van der Waals surface area contributed by atoms with E-state index in [0.717, 1.165) is 42.4 Å². The van der Waals surface area contributed by atoms with Gasteiger partial charge < -0.3 is 19.4 Å². The van der Waals surface area contributed by atoms with E-state index in [4.69, 9.17) is 9.47 Å². The van der Waals surface area contributed by atoms with Crippen molar-refractivity contribution in [3.05, 3.63) is 36.4 Å². The zero-order chi connectivity index (χ0) is 14.4. The fourth-order valence-electron chi connectivity index (χ4n) is 2.04. The highest BCUT2D eigenvalue weighted by Gasteiger charge is 2.04. The van der Waals surface area contributed by atoms with Gasteiger partial charge in [-0.15, -0.1) is 0 Å². The summed E-state index contributed by atoms with van der Waals surface area (Å²) in [5, 5.41) is 3.37. The molecule has 0 radical (unpaired) electrons. The minimum Gasteiger partial charge on any atom is -0.497 e. The van der Waals surface area contributed by atoms with Crippen LogP contribution in [0.3, 0.4) is 0 Å². The maximum Gasteiger partial charge on any atom is 0.124 e. The Morgan fingerprint density at radius 3 is 2.45 bits per heavy atom. The molecule has 0 aliphatic heterocycles. The highest BCUT2D eigenvalue weighted by Crippen LogP contribution is 2.26. The second kappa shape index (κ2) is 6.84. The van der Waals surface area contributed by atoms with E-state index in [-0.39, 0.29) is 0 Å². The molecule has 0 unspecified atom stereocenters. The number of aryl methyl sites for hydroxylation is 1. The van der Waals surface area contributed by atoms with E-state index in [9.17, 15) is 0 Å². The lowest BCUT2D eigenvalue weighted by Gasteiger charge is -2.12. The van der Waals surface area contributed by atoms with Gasteiger partial charge >= 0.3 is 0 Å². The fourth-order valence-corrected chi connectivity index (χ4v) is 2.04. The lowest BCUT2D eigenvalue weighted by Crippen LogP contribution is -2.07. The van der Waals surface area contributed by atoms with Crippen LogP contribution >= 0.6 is 0 Å². The predicted molar refractivity (Wildman–Crippen MR) is 79.4 cm³/mol. The van der Waals surface area contributed by atoms with Gasteiger partial charge in [0.1, 0.15) is 11.5 Å². The van der Waals surface area contributed by atoms with Crippen LogP contribution in [0.2, 0.25) is 0 Å². The topological polar surface area (TPSA) is 48.3 Å². The largest absolute Gasteiger partial charge is 0.497 e. The van der Waals surface area contributed by atoms with E-state index in [1.54, 1.807) is 14.2 Å². The Morgan fingerprint density at radius 1 is 1.15 bits per heavy atom. The van der Waals surface area contributed by atoms with E-state index in [2.05, 4.69) is 21.8 Å². The van der Waals surface area contributed by atoms with Crippen LogP contribution in [0.15, 0.2) is 30.7 Å². The van der Waals surface area contributed by atoms with E-state index in [0.29, 0.717) is 0 Å². The lowest BCUT2D eigenvalue weighted by molar-refractivity contribution is 0.394.